The van der Waals surface area contributed by atoms with Gasteiger partial charge in [-0.05, 0) is 32.4 Å². The maximum atomic E-state index is 11.8. The molecule has 1 aliphatic rings. The summed E-state index contributed by atoms with van der Waals surface area (Å²) in [5.74, 6) is 0.184. The van der Waals surface area contributed by atoms with Gasteiger partial charge >= 0.3 is 0 Å². The molecule has 16 heavy (non-hydrogen) atoms. The molecule has 0 radical (unpaired) electrons. The molecule has 1 amide bonds. The number of rotatable bonds is 2. The number of amides is 1. The molecule has 0 aromatic carbocycles. The third-order valence-corrected chi connectivity index (χ3v) is 4.19. The van der Waals surface area contributed by atoms with E-state index in [1.807, 2.05) is 11.8 Å². The minimum Gasteiger partial charge on any atom is -0.334 e. The third-order valence-electron chi connectivity index (χ3n) is 3.21. The Morgan fingerprint density at radius 1 is 1.56 bits per heavy atom. The van der Waals surface area contributed by atoms with E-state index >= 15 is 0 Å². The van der Waals surface area contributed by atoms with Crippen molar-refractivity contribution in [1.82, 2.24) is 4.90 Å². The summed E-state index contributed by atoms with van der Waals surface area (Å²) in [7, 11) is 0. The van der Waals surface area contributed by atoms with E-state index in [-0.39, 0.29) is 18.0 Å². The molecule has 1 aliphatic heterocycles. The first-order valence-electron chi connectivity index (χ1n) is 5.66. The van der Waals surface area contributed by atoms with Crippen LogP contribution in [0.5, 0.6) is 0 Å². The SMILES string of the molecule is CCN1C(=O)CC(N)C1c1cc(C)sc1C. The van der Waals surface area contributed by atoms with Gasteiger partial charge in [0.05, 0.1) is 6.04 Å². The Morgan fingerprint density at radius 2 is 2.25 bits per heavy atom. The lowest BCUT2D eigenvalue weighted by atomic mass is 10.0. The van der Waals surface area contributed by atoms with Gasteiger partial charge in [0.2, 0.25) is 5.91 Å². The van der Waals surface area contributed by atoms with E-state index in [2.05, 4.69) is 19.9 Å². The van der Waals surface area contributed by atoms with E-state index in [4.69, 9.17) is 5.73 Å². The standard InChI is InChI=1S/C12H18N2OS/c1-4-14-11(15)6-10(13)12(14)9-5-7(2)16-8(9)3/h5,10,12H,4,6,13H2,1-3H3. The highest BCUT2D eigenvalue weighted by atomic mass is 32.1. The van der Waals surface area contributed by atoms with Gasteiger partial charge in [0.1, 0.15) is 0 Å². The summed E-state index contributed by atoms with van der Waals surface area (Å²) < 4.78 is 0. The number of thiophene rings is 1. The van der Waals surface area contributed by atoms with Crippen molar-refractivity contribution in [2.24, 2.45) is 5.73 Å². The van der Waals surface area contributed by atoms with Crippen molar-refractivity contribution in [2.45, 2.75) is 39.3 Å². The molecule has 1 fully saturated rings. The Morgan fingerprint density at radius 3 is 2.75 bits per heavy atom. The van der Waals surface area contributed by atoms with Gasteiger partial charge in [0.15, 0.2) is 0 Å². The van der Waals surface area contributed by atoms with Crippen LogP contribution >= 0.6 is 11.3 Å². The quantitative estimate of drug-likeness (QED) is 0.856. The van der Waals surface area contributed by atoms with Crippen LogP contribution in [0.15, 0.2) is 6.07 Å². The third kappa shape index (κ3) is 1.76. The largest absolute Gasteiger partial charge is 0.334 e. The molecule has 4 heteroatoms. The van der Waals surface area contributed by atoms with Gasteiger partial charge in [-0.15, -0.1) is 11.3 Å². The van der Waals surface area contributed by atoms with Crippen molar-refractivity contribution in [2.75, 3.05) is 6.54 Å². The summed E-state index contributed by atoms with van der Waals surface area (Å²) in [6, 6.07) is 2.20. The first-order valence-corrected chi connectivity index (χ1v) is 6.48. The highest BCUT2D eigenvalue weighted by molar-refractivity contribution is 7.12. The molecule has 0 spiro atoms. The van der Waals surface area contributed by atoms with Crippen molar-refractivity contribution in [3.05, 3.63) is 21.4 Å². The van der Waals surface area contributed by atoms with Gasteiger partial charge in [-0.25, -0.2) is 0 Å². The Bertz CT molecular complexity index is 413. The number of nitrogens with two attached hydrogens (primary N) is 1. The van der Waals surface area contributed by atoms with Crippen molar-refractivity contribution in [3.8, 4) is 0 Å². The molecule has 0 bridgehead atoms. The Kier molecular flexibility index (Phi) is 3.04. The lowest BCUT2D eigenvalue weighted by molar-refractivity contribution is -0.128. The van der Waals surface area contributed by atoms with Crippen LogP contribution < -0.4 is 5.73 Å². The topological polar surface area (TPSA) is 46.3 Å². The molecule has 2 heterocycles. The van der Waals surface area contributed by atoms with Gasteiger partial charge in [0.25, 0.3) is 0 Å². The van der Waals surface area contributed by atoms with Gasteiger partial charge in [-0.3, -0.25) is 4.79 Å². The molecule has 2 N–H and O–H groups in total. The summed E-state index contributed by atoms with van der Waals surface area (Å²) in [5, 5.41) is 0. The van der Waals surface area contributed by atoms with E-state index in [1.165, 1.54) is 15.3 Å². The van der Waals surface area contributed by atoms with Crippen LogP contribution in [0.3, 0.4) is 0 Å². The van der Waals surface area contributed by atoms with Gasteiger partial charge in [-0.2, -0.15) is 0 Å². The summed E-state index contributed by atoms with van der Waals surface area (Å²) in [5.41, 5.74) is 7.33. The van der Waals surface area contributed by atoms with Gasteiger partial charge in [-0.1, -0.05) is 0 Å². The molecule has 1 aromatic heterocycles. The second-order valence-electron chi connectivity index (χ2n) is 4.36. The first kappa shape index (κ1) is 11.6. The average Bonchev–Trinajstić information content (AvgIpc) is 2.66. The molecule has 2 atom stereocenters. The monoisotopic (exact) mass is 238 g/mol. The summed E-state index contributed by atoms with van der Waals surface area (Å²) in [4.78, 5) is 16.2. The molecule has 2 rings (SSSR count). The van der Waals surface area contributed by atoms with Gasteiger partial charge < -0.3 is 10.6 Å². The molecule has 0 saturated carbocycles. The van der Waals surface area contributed by atoms with Crippen LogP contribution in [0.1, 0.15) is 34.7 Å². The zero-order chi connectivity index (χ0) is 11.9. The minimum absolute atomic E-state index is 0.0554. The summed E-state index contributed by atoms with van der Waals surface area (Å²) >= 11 is 1.78. The normalized spacial score (nSPS) is 25.5. The van der Waals surface area contributed by atoms with E-state index in [0.717, 1.165) is 6.54 Å². The van der Waals surface area contributed by atoms with Crippen LogP contribution in [-0.2, 0) is 4.79 Å². The van der Waals surface area contributed by atoms with Crippen molar-refractivity contribution >= 4 is 17.2 Å². The predicted octanol–water partition coefficient (Wildman–Crippen LogP) is 1.99. The van der Waals surface area contributed by atoms with Crippen molar-refractivity contribution in [3.63, 3.8) is 0 Å². The van der Waals surface area contributed by atoms with Crippen molar-refractivity contribution in [1.29, 1.82) is 0 Å². The highest BCUT2D eigenvalue weighted by Crippen LogP contribution is 2.36. The van der Waals surface area contributed by atoms with E-state index in [1.54, 1.807) is 11.3 Å². The van der Waals surface area contributed by atoms with E-state index in [0.29, 0.717) is 6.42 Å². The van der Waals surface area contributed by atoms with E-state index in [9.17, 15) is 4.79 Å². The Labute approximate surface area is 100 Å². The van der Waals surface area contributed by atoms with Crippen LogP contribution in [0.25, 0.3) is 0 Å². The maximum absolute atomic E-state index is 11.8. The number of carbonyl (C=O) groups excluding carboxylic acids is 1. The number of nitrogens with zero attached hydrogens (tertiary/aromatic N) is 1. The number of likely N-dealkylation sites (tertiary alicyclic amines) is 1. The van der Waals surface area contributed by atoms with Crippen LogP contribution in [0.2, 0.25) is 0 Å². The van der Waals surface area contributed by atoms with Crippen LogP contribution in [0.4, 0.5) is 0 Å². The molecule has 0 aliphatic carbocycles. The van der Waals surface area contributed by atoms with Crippen LogP contribution in [-0.4, -0.2) is 23.4 Å². The number of carbonyl (C=O) groups is 1. The molecule has 1 aromatic rings. The number of aryl methyl sites for hydroxylation is 2. The molecule has 2 unspecified atom stereocenters. The number of hydrogen-bond acceptors (Lipinski definition) is 3. The Hall–Kier alpha value is -0.870. The smallest absolute Gasteiger partial charge is 0.224 e. The molecule has 3 nitrogen and oxygen atoms in total. The second kappa shape index (κ2) is 4.18. The van der Waals surface area contributed by atoms with Gasteiger partial charge in [0, 0.05) is 28.8 Å². The molecular weight excluding hydrogens is 220 g/mol. The number of hydrogen-bond donors (Lipinski definition) is 1. The average molecular weight is 238 g/mol. The second-order valence-corrected chi connectivity index (χ2v) is 5.82. The zero-order valence-electron chi connectivity index (χ0n) is 9.99. The van der Waals surface area contributed by atoms with E-state index < -0.39 is 0 Å². The Balaban J connectivity index is 2.38. The fraction of sp³-hybridized carbons (Fsp3) is 0.583. The predicted molar refractivity (Wildman–Crippen MR) is 66.5 cm³/mol. The minimum atomic E-state index is -0.0554. The lowest BCUT2D eigenvalue weighted by Crippen LogP contribution is -2.33. The fourth-order valence-electron chi connectivity index (χ4n) is 2.53. The zero-order valence-corrected chi connectivity index (χ0v) is 10.8. The number of likely N-dealkylation sites (N-methyl/N-ethyl adjacent to an activating group) is 1. The maximum Gasteiger partial charge on any atom is 0.224 e. The molecular formula is C12H18N2OS. The summed E-state index contributed by atoms with van der Waals surface area (Å²) in [6.07, 6.45) is 0.479. The summed E-state index contributed by atoms with van der Waals surface area (Å²) in [6.45, 7) is 6.96. The van der Waals surface area contributed by atoms with Crippen LogP contribution in [0, 0.1) is 13.8 Å². The highest BCUT2D eigenvalue weighted by Gasteiger charge is 2.38. The molecule has 88 valence electrons. The lowest BCUT2D eigenvalue weighted by Gasteiger charge is -2.25. The fourth-order valence-corrected chi connectivity index (χ4v) is 3.50. The molecule has 1 saturated heterocycles. The first-order chi connectivity index (χ1) is 7.54. The van der Waals surface area contributed by atoms with Crippen molar-refractivity contribution < 1.29 is 4.79 Å².